The first-order valence-corrected chi connectivity index (χ1v) is 11.0. The topological polar surface area (TPSA) is 64.1 Å². The highest BCUT2D eigenvalue weighted by molar-refractivity contribution is 7.13. The molecule has 0 saturated heterocycles. The molecule has 4 rings (SSSR count). The molecule has 0 unspecified atom stereocenters. The third-order valence-corrected chi connectivity index (χ3v) is 5.96. The average molecular weight is 448 g/mol. The van der Waals surface area contributed by atoms with Crippen LogP contribution < -0.4 is 10.1 Å². The molecule has 162 valence electrons. The van der Waals surface area contributed by atoms with Crippen LogP contribution in [0.15, 0.2) is 72.9 Å². The van der Waals surface area contributed by atoms with Crippen molar-refractivity contribution >= 4 is 17.2 Å². The van der Waals surface area contributed by atoms with Crippen LogP contribution in [0.4, 0.5) is 4.39 Å². The molecule has 32 heavy (non-hydrogen) atoms. The summed E-state index contributed by atoms with van der Waals surface area (Å²) in [6, 6.07) is 19.6. The monoisotopic (exact) mass is 447 g/mol. The smallest absolute Gasteiger partial charge is 0.263 e. The molecule has 0 radical (unpaired) electrons. The Kier molecular flexibility index (Phi) is 6.87. The van der Waals surface area contributed by atoms with Gasteiger partial charge in [0, 0.05) is 19.2 Å². The number of amides is 1. The molecule has 4 aromatic rings. The number of rotatable bonds is 8. The van der Waals surface area contributed by atoms with E-state index in [4.69, 9.17) is 4.74 Å². The van der Waals surface area contributed by atoms with Gasteiger partial charge in [0.15, 0.2) is 0 Å². The summed E-state index contributed by atoms with van der Waals surface area (Å²) in [6.07, 6.45) is 2.31. The predicted octanol–water partition coefficient (Wildman–Crippen LogP) is 5.09. The number of carbonyl (C=O) groups is 1. The third kappa shape index (κ3) is 5.76. The summed E-state index contributed by atoms with van der Waals surface area (Å²) in [5.41, 5.74) is 3.49. The van der Waals surface area contributed by atoms with E-state index in [9.17, 15) is 9.18 Å². The van der Waals surface area contributed by atoms with E-state index in [2.05, 4.69) is 15.3 Å². The number of nitrogens with one attached hydrogen (secondary N) is 1. The second-order valence-corrected chi connectivity index (χ2v) is 8.35. The number of carbonyl (C=O) groups excluding carboxylic acids is 1. The number of nitrogens with zero attached hydrogens (tertiary/aromatic N) is 2. The van der Waals surface area contributed by atoms with Crippen LogP contribution in [0, 0.1) is 12.7 Å². The van der Waals surface area contributed by atoms with Gasteiger partial charge in [-0.2, -0.15) is 0 Å². The number of benzene rings is 2. The first-order chi connectivity index (χ1) is 15.6. The normalized spacial score (nSPS) is 10.7. The van der Waals surface area contributed by atoms with Crippen LogP contribution in [0.5, 0.6) is 5.75 Å². The number of halogens is 1. The van der Waals surface area contributed by atoms with Crippen molar-refractivity contribution in [1.29, 1.82) is 0 Å². The van der Waals surface area contributed by atoms with Crippen LogP contribution in [-0.4, -0.2) is 15.9 Å². The highest BCUT2D eigenvalue weighted by Gasteiger charge is 2.15. The van der Waals surface area contributed by atoms with E-state index in [0.29, 0.717) is 30.1 Å². The SMILES string of the molecule is Cc1nc(Cc2ccc(F)cc2)sc1C(=O)NCc1ccc(OCc2ccccn2)cc1. The van der Waals surface area contributed by atoms with Crippen LogP contribution in [0.25, 0.3) is 0 Å². The predicted molar refractivity (Wildman–Crippen MR) is 122 cm³/mol. The molecule has 2 aromatic heterocycles. The number of pyridine rings is 1. The molecule has 0 bridgehead atoms. The number of thiazole rings is 1. The molecule has 0 spiro atoms. The van der Waals surface area contributed by atoms with Crippen LogP contribution in [0.1, 0.15) is 37.2 Å². The Balaban J connectivity index is 1.30. The Labute approximate surface area is 189 Å². The van der Waals surface area contributed by atoms with E-state index >= 15 is 0 Å². The minimum atomic E-state index is -0.267. The van der Waals surface area contributed by atoms with Crippen LogP contribution in [-0.2, 0) is 19.6 Å². The van der Waals surface area contributed by atoms with Crippen molar-refractivity contribution in [3.05, 3.63) is 111 Å². The molecule has 2 heterocycles. The first kappa shape index (κ1) is 21.6. The van der Waals surface area contributed by atoms with Gasteiger partial charge in [0.25, 0.3) is 5.91 Å². The highest BCUT2D eigenvalue weighted by atomic mass is 32.1. The van der Waals surface area contributed by atoms with E-state index in [1.54, 1.807) is 18.3 Å². The number of aromatic nitrogens is 2. The number of hydrogen-bond acceptors (Lipinski definition) is 5. The lowest BCUT2D eigenvalue weighted by Gasteiger charge is -2.08. The van der Waals surface area contributed by atoms with E-state index in [1.165, 1.54) is 23.5 Å². The summed E-state index contributed by atoms with van der Waals surface area (Å²) in [4.78, 5) is 22.0. The van der Waals surface area contributed by atoms with E-state index < -0.39 is 0 Å². The Bertz CT molecular complexity index is 1180. The number of hydrogen-bond donors (Lipinski definition) is 1. The maximum Gasteiger partial charge on any atom is 0.263 e. The van der Waals surface area contributed by atoms with Crippen LogP contribution >= 0.6 is 11.3 Å². The fourth-order valence-electron chi connectivity index (χ4n) is 3.12. The highest BCUT2D eigenvalue weighted by Crippen LogP contribution is 2.21. The van der Waals surface area contributed by atoms with Gasteiger partial charge in [0.1, 0.15) is 23.1 Å². The zero-order chi connectivity index (χ0) is 22.3. The lowest BCUT2D eigenvalue weighted by molar-refractivity contribution is 0.0954. The molecule has 0 aliphatic heterocycles. The third-order valence-electron chi connectivity index (χ3n) is 4.81. The Morgan fingerprint density at radius 1 is 1.03 bits per heavy atom. The van der Waals surface area contributed by atoms with Crippen LogP contribution in [0.3, 0.4) is 0 Å². The first-order valence-electron chi connectivity index (χ1n) is 10.2. The van der Waals surface area contributed by atoms with Crippen molar-refractivity contribution < 1.29 is 13.9 Å². The molecule has 5 nitrogen and oxygen atoms in total. The van der Waals surface area contributed by atoms with Gasteiger partial charge in [-0.3, -0.25) is 9.78 Å². The summed E-state index contributed by atoms with van der Waals surface area (Å²) >= 11 is 1.37. The van der Waals surface area contributed by atoms with Crippen molar-refractivity contribution in [3.63, 3.8) is 0 Å². The van der Waals surface area contributed by atoms with Crippen molar-refractivity contribution in [1.82, 2.24) is 15.3 Å². The molecule has 0 fully saturated rings. The maximum absolute atomic E-state index is 13.1. The zero-order valence-corrected chi connectivity index (χ0v) is 18.4. The number of aryl methyl sites for hydroxylation is 1. The second-order valence-electron chi connectivity index (χ2n) is 7.26. The standard InChI is InChI=1S/C25H22FN3O2S/c1-17-24(32-23(29-17)14-18-5-9-20(26)10-6-18)25(30)28-15-19-7-11-22(12-8-19)31-16-21-4-2-3-13-27-21/h2-13H,14-16H2,1H3,(H,28,30). The summed E-state index contributed by atoms with van der Waals surface area (Å²) in [5.74, 6) is 0.326. The van der Waals surface area contributed by atoms with Crippen LogP contribution in [0.2, 0.25) is 0 Å². The molecular weight excluding hydrogens is 425 g/mol. The Morgan fingerprint density at radius 2 is 1.78 bits per heavy atom. The van der Waals surface area contributed by atoms with E-state index in [-0.39, 0.29) is 11.7 Å². The molecule has 0 aliphatic carbocycles. The maximum atomic E-state index is 13.1. The van der Waals surface area contributed by atoms with Crippen molar-refractivity contribution in [2.75, 3.05) is 0 Å². The summed E-state index contributed by atoms with van der Waals surface area (Å²) < 4.78 is 18.8. The second kappa shape index (κ2) is 10.2. The van der Waals surface area contributed by atoms with Crippen molar-refractivity contribution in [2.24, 2.45) is 0 Å². The number of ether oxygens (including phenoxy) is 1. The van der Waals surface area contributed by atoms with Crippen molar-refractivity contribution in [2.45, 2.75) is 26.5 Å². The van der Waals surface area contributed by atoms with Crippen molar-refractivity contribution in [3.8, 4) is 5.75 Å². The molecule has 2 aromatic carbocycles. The molecular formula is C25H22FN3O2S. The summed E-state index contributed by atoms with van der Waals surface area (Å²) in [6.45, 7) is 2.64. The van der Waals surface area contributed by atoms with E-state index in [0.717, 1.165) is 27.6 Å². The van der Waals surface area contributed by atoms with Gasteiger partial charge < -0.3 is 10.1 Å². The molecule has 1 N–H and O–H groups in total. The van der Waals surface area contributed by atoms with Gasteiger partial charge in [-0.05, 0) is 54.4 Å². The fraction of sp³-hybridized carbons (Fsp3) is 0.160. The Morgan fingerprint density at radius 3 is 2.50 bits per heavy atom. The minimum absolute atomic E-state index is 0.152. The van der Waals surface area contributed by atoms with Gasteiger partial charge in [0.2, 0.25) is 0 Å². The molecule has 7 heteroatoms. The summed E-state index contributed by atoms with van der Waals surface area (Å²) in [5, 5.41) is 3.78. The fourth-order valence-corrected chi connectivity index (χ4v) is 4.14. The van der Waals surface area contributed by atoms with Gasteiger partial charge >= 0.3 is 0 Å². The minimum Gasteiger partial charge on any atom is -0.487 e. The van der Waals surface area contributed by atoms with E-state index in [1.807, 2.05) is 49.4 Å². The van der Waals surface area contributed by atoms with Gasteiger partial charge in [-0.15, -0.1) is 11.3 Å². The van der Waals surface area contributed by atoms with Gasteiger partial charge in [0.05, 0.1) is 16.4 Å². The lowest BCUT2D eigenvalue weighted by Crippen LogP contribution is -2.22. The zero-order valence-electron chi connectivity index (χ0n) is 17.5. The quantitative estimate of drug-likeness (QED) is 0.409. The molecule has 0 saturated carbocycles. The molecule has 0 atom stereocenters. The van der Waals surface area contributed by atoms with Gasteiger partial charge in [-0.1, -0.05) is 30.3 Å². The molecule has 1 amide bonds. The lowest BCUT2D eigenvalue weighted by atomic mass is 10.1. The largest absolute Gasteiger partial charge is 0.487 e. The van der Waals surface area contributed by atoms with Gasteiger partial charge in [-0.25, -0.2) is 9.37 Å². The Hall–Kier alpha value is -3.58. The summed E-state index contributed by atoms with van der Waals surface area (Å²) in [7, 11) is 0. The molecule has 0 aliphatic rings. The average Bonchev–Trinajstić information content (AvgIpc) is 3.19.